The largest absolute Gasteiger partial charge is 0.282 e. The second-order valence-corrected chi connectivity index (χ2v) is 11.7. The van der Waals surface area contributed by atoms with Gasteiger partial charge in [0.1, 0.15) is 8.42 Å². The van der Waals surface area contributed by atoms with E-state index < -0.39 is 9.84 Å². The second kappa shape index (κ2) is 10.4. The first kappa shape index (κ1) is 22.2. The Bertz CT molecular complexity index is 866. The van der Waals surface area contributed by atoms with Crippen molar-refractivity contribution in [3.05, 3.63) is 59.3 Å². The lowest BCUT2D eigenvalue weighted by molar-refractivity contribution is -0.107. The molecule has 4 nitrogen and oxygen atoms in total. The van der Waals surface area contributed by atoms with Crippen LogP contribution in [0.25, 0.3) is 0 Å². The van der Waals surface area contributed by atoms with Gasteiger partial charge in [0.2, 0.25) is 20.1 Å². The van der Waals surface area contributed by atoms with E-state index in [-0.39, 0.29) is 10.2 Å². The minimum absolute atomic E-state index is 0.0860. The minimum atomic E-state index is -3.53. The molecule has 0 N–H and O–H groups in total. The predicted molar refractivity (Wildman–Crippen MR) is 117 cm³/mol. The van der Waals surface area contributed by atoms with E-state index in [1.54, 1.807) is 12.1 Å². The van der Waals surface area contributed by atoms with Crippen molar-refractivity contribution in [3.63, 3.8) is 0 Å². The maximum Gasteiger partial charge on any atom is 0.225 e. The quantitative estimate of drug-likeness (QED) is 0.484. The number of thioether (sulfide) groups is 2. The highest BCUT2D eigenvalue weighted by Crippen LogP contribution is 2.31. The molecule has 9 heteroatoms. The van der Waals surface area contributed by atoms with Crippen LogP contribution in [0.15, 0.2) is 56.6 Å². The Labute approximate surface area is 175 Å². The molecular weight excluding hydrogens is 441 g/mol. The van der Waals surface area contributed by atoms with Crippen molar-refractivity contribution in [2.75, 3.05) is 11.5 Å². The third kappa shape index (κ3) is 6.46. The van der Waals surface area contributed by atoms with Gasteiger partial charge in [-0.15, -0.1) is 22.7 Å². The molecule has 0 aliphatic heterocycles. The lowest BCUT2D eigenvalue weighted by atomic mass is 10.3. The van der Waals surface area contributed by atoms with Gasteiger partial charge in [0.25, 0.3) is 0 Å². The smallest absolute Gasteiger partial charge is 0.225 e. The number of sulfone groups is 1. The van der Waals surface area contributed by atoms with E-state index in [0.29, 0.717) is 32.8 Å². The average Bonchev–Trinajstić information content (AvgIpc) is 3.31. The van der Waals surface area contributed by atoms with Crippen molar-refractivity contribution in [1.29, 1.82) is 0 Å². The van der Waals surface area contributed by atoms with Crippen LogP contribution in [0.1, 0.15) is 11.1 Å². The highest BCUT2D eigenvalue weighted by molar-refractivity contribution is 8.14. The van der Waals surface area contributed by atoms with E-state index in [2.05, 4.69) is 13.2 Å². The molecular formula is C18H18O4S5. The number of rotatable bonds is 10. The summed E-state index contributed by atoms with van der Waals surface area (Å²) in [5, 5.41) is 3.46. The normalized spacial score (nSPS) is 11.3. The van der Waals surface area contributed by atoms with Gasteiger partial charge < -0.3 is 0 Å². The maximum absolute atomic E-state index is 12.8. The van der Waals surface area contributed by atoms with Crippen LogP contribution in [-0.2, 0) is 32.3 Å². The van der Waals surface area contributed by atoms with Gasteiger partial charge in [-0.3, -0.25) is 9.59 Å². The van der Waals surface area contributed by atoms with E-state index in [1.165, 1.54) is 58.3 Å². The summed E-state index contributed by atoms with van der Waals surface area (Å²) in [4.78, 5) is 22.4. The van der Waals surface area contributed by atoms with Gasteiger partial charge in [0, 0.05) is 11.5 Å². The Morgan fingerprint density at radius 3 is 1.67 bits per heavy atom. The molecule has 0 unspecified atom stereocenters. The Balaban J connectivity index is 1.99. The molecule has 2 aromatic heterocycles. The molecule has 0 saturated heterocycles. The van der Waals surface area contributed by atoms with Crippen molar-refractivity contribution in [2.45, 2.75) is 21.3 Å². The molecule has 0 saturated carbocycles. The van der Waals surface area contributed by atoms with Crippen molar-refractivity contribution >= 4 is 66.3 Å². The summed E-state index contributed by atoms with van der Waals surface area (Å²) in [6.45, 7) is 6.84. The zero-order valence-corrected chi connectivity index (χ0v) is 18.5. The van der Waals surface area contributed by atoms with Crippen LogP contribution >= 0.6 is 46.2 Å². The average molecular weight is 459 g/mol. The summed E-state index contributed by atoms with van der Waals surface area (Å²) in [5.74, 6) is 1.18. The molecule has 0 spiro atoms. The molecule has 0 amide bonds. The number of carbonyl (C=O) groups is 2. The molecule has 0 radical (unpaired) electrons. The first-order valence-corrected chi connectivity index (χ1v) is 13.1. The van der Waals surface area contributed by atoms with E-state index in [4.69, 9.17) is 0 Å². The molecule has 0 aliphatic rings. The van der Waals surface area contributed by atoms with Gasteiger partial charge in [-0.25, -0.2) is 8.42 Å². The lowest BCUT2D eigenvalue weighted by Crippen LogP contribution is -1.97. The van der Waals surface area contributed by atoms with Crippen molar-refractivity contribution in [3.8, 4) is 0 Å². The maximum atomic E-state index is 12.8. The van der Waals surface area contributed by atoms with Crippen LogP contribution in [0.4, 0.5) is 0 Å². The van der Waals surface area contributed by atoms with Crippen LogP contribution in [0, 0.1) is 0 Å². The fraction of sp³-hybridized carbons (Fsp3) is 0.222. The van der Waals surface area contributed by atoms with Crippen molar-refractivity contribution in [1.82, 2.24) is 0 Å². The van der Waals surface area contributed by atoms with E-state index in [1.807, 2.05) is 10.8 Å². The molecule has 0 bridgehead atoms. The van der Waals surface area contributed by atoms with Gasteiger partial charge in [-0.2, -0.15) is 0 Å². The Morgan fingerprint density at radius 2 is 1.30 bits per heavy atom. The monoisotopic (exact) mass is 458 g/mol. The molecule has 0 aliphatic carbocycles. The first-order chi connectivity index (χ1) is 12.9. The van der Waals surface area contributed by atoms with E-state index in [9.17, 15) is 18.0 Å². The Hall–Kier alpha value is -1.13. The second-order valence-electron chi connectivity index (χ2n) is 5.29. The van der Waals surface area contributed by atoms with Crippen LogP contribution < -0.4 is 0 Å². The van der Waals surface area contributed by atoms with Gasteiger partial charge >= 0.3 is 0 Å². The van der Waals surface area contributed by atoms with Crippen LogP contribution in [0.5, 0.6) is 0 Å². The fourth-order valence-electron chi connectivity index (χ4n) is 2.01. The Morgan fingerprint density at radius 1 is 0.889 bits per heavy atom. The number of hydrogen-bond donors (Lipinski definition) is 0. The lowest BCUT2D eigenvalue weighted by Gasteiger charge is -1.98. The highest BCUT2D eigenvalue weighted by Gasteiger charge is 2.22. The Kier molecular flexibility index (Phi) is 8.56. The topological polar surface area (TPSA) is 68.3 Å². The first-order valence-electron chi connectivity index (χ1n) is 7.85. The number of carbonyl (C=O) groups excluding carboxylic acids is 2. The number of hydrogen-bond acceptors (Lipinski definition) is 8. The molecule has 144 valence electrons. The zero-order chi connectivity index (χ0) is 19.9. The standard InChI is InChI=1S/C18H18O4S5/c1-3-15(19)23-7-5-13-9-17(25-11-13)27(21,22)18-10-14(12-26-18)6-8-24-16(20)4-2/h3-4,9-12H,1-2,5-8H2. The van der Waals surface area contributed by atoms with E-state index in [0.717, 1.165) is 11.1 Å². The molecule has 2 heterocycles. The molecule has 0 fully saturated rings. The number of aryl methyl sites for hydroxylation is 2. The summed E-state index contributed by atoms with van der Waals surface area (Å²) in [5.41, 5.74) is 1.80. The summed E-state index contributed by atoms with van der Waals surface area (Å²) >= 11 is 4.72. The van der Waals surface area contributed by atoms with Crippen molar-refractivity contribution < 1.29 is 18.0 Å². The summed E-state index contributed by atoms with van der Waals surface area (Å²) in [6, 6.07) is 3.36. The van der Waals surface area contributed by atoms with Gasteiger partial charge in [0.15, 0.2) is 0 Å². The van der Waals surface area contributed by atoms with Crippen LogP contribution in [0.2, 0.25) is 0 Å². The summed E-state index contributed by atoms with van der Waals surface area (Å²) in [6.07, 6.45) is 3.80. The van der Waals surface area contributed by atoms with Crippen LogP contribution in [0.3, 0.4) is 0 Å². The zero-order valence-electron chi connectivity index (χ0n) is 14.4. The number of thiophene rings is 2. The van der Waals surface area contributed by atoms with Gasteiger partial charge in [0.05, 0.1) is 0 Å². The summed E-state index contributed by atoms with van der Waals surface area (Å²) < 4.78 is 26.2. The van der Waals surface area contributed by atoms with Crippen LogP contribution in [-0.4, -0.2) is 30.2 Å². The van der Waals surface area contributed by atoms with E-state index >= 15 is 0 Å². The summed E-state index contributed by atoms with van der Waals surface area (Å²) in [7, 11) is -3.53. The molecule has 2 rings (SSSR count). The third-order valence-electron chi connectivity index (χ3n) is 3.39. The SMILES string of the molecule is C=CC(=O)SCCc1csc(S(=O)(=O)c2cc(CCSC(=O)C=C)cs2)c1. The predicted octanol–water partition coefficient (Wildman–Crippen LogP) is 4.62. The molecule has 0 aromatic carbocycles. The molecule has 27 heavy (non-hydrogen) atoms. The third-order valence-corrected chi connectivity index (χ3v) is 9.84. The van der Waals surface area contributed by atoms with Gasteiger partial charge in [-0.05, 0) is 59.0 Å². The minimum Gasteiger partial charge on any atom is -0.282 e. The fourth-order valence-corrected chi connectivity index (χ4v) is 7.48. The van der Waals surface area contributed by atoms with Crippen molar-refractivity contribution in [2.24, 2.45) is 0 Å². The molecule has 2 aromatic rings. The molecule has 0 atom stereocenters. The van der Waals surface area contributed by atoms with Gasteiger partial charge in [-0.1, -0.05) is 36.7 Å². The highest BCUT2D eigenvalue weighted by atomic mass is 32.3.